The Balaban J connectivity index is 1.75. The summed E-state index contributed by atoms with van der Waals surface area (Å²) in [5.41, 5.74) is -0.653. The lowest BCUT2D eigenvalue weighted by Gasteiger charge is -2.45. The van der Waals surface area contributed by atoms with Gasteiger partial charge >= 0.3 is 6.09 Å². The van der Waals surface area contributed by atoms with Crippen LogP contribution in [0.25, 0.3) is 0 Å². The van der Waals surface area contributed by atoms with E-state index in [-0.39, 0.29) is 41.1 Å². The van der Waals surface area contributed by atoms with E-state index in [1.165, 1.54) is 0 Å². The molecule has 1 N–H and O–H groups in total. The zero-order valence-corrected chi connectivity index (χ0v) is 18.1. The van der Waals surface area contributed by atoms with E-state index < -0.39 is 18.1 Å². The van der Waals surface area contributed by atoms with Crippen LogP contribution < -0.4 is 5.32 Å². The fourth-order valence-electron chi connectivity index (χ4n) is 4.97. The Labute approximate surface area is 171 Å². The number of methoxy groups -OCH3 is 1. The van der Waals surface area contributed by atoms with Gasteiger partial charge in [0.2, 0.25) is 5.91 Å². The number of nitrogens with one attached hydrogen (secondary N) is 1. The Hall–Kier alpha value is -0.890. The molecule has 28 heavy (non-hydrogen) atoms. The van der Waals surface area contributed by atoms with E-state index in [1.807, 2.05) is 6.92 Å². The van der Waals surface area contributed by atoms with Crippen molar-refractivity contribution in [3.05, 3.63) is 0 Å². The largest absolute Gasteiger partial charge is 0.443 e. The van der Waals surface area contributed by atoms with Crippen molar-refractivity contribution in [1.29, 1.82) is 0 Å². The molecule has 1 saturated carbocycles. The Bertz CT molecular complexity index is 610. The minimum absolute atomic E-state index is 0.0250. The molecule has 0 aromatic carbocycles. The summed E-state index contributed by atoms with van der Waals surface area (Å²) in [6.45, 7) is 9.20. The molecular formula is C20H32ClNO6. The van der Waals surface area contributed by atoms with E-state index in [4.69, 9.17) is 30.5 Å². The molecule has 3 aliphatic rings. The molecule has 3 fully saturated rings. The van der Waals surface area contributed by atoms with E-state index in [9.17, 15) is 9.59 Å². The van der Waals surface area contributed by atoms with Gasteiger partial charge in [0.15, 0.2) is 0 Å². The molecular weight excluding hydrogens is 386 g/mol. The standard InChI is InChI=1S/C20H32ClNO6/c1-11(2)6-7-13-19(4,28-13)17-16(25-5)15(12(3)8-20(17)10-26-20)27-18(24)22-14(23)9-21/h11-13,15-17H,6-10H2,1-5H3,(H,22,23,24)/t12-,13-,15-,16-,17-,19?,20+/m1/s1. The molecule has 2 heterocycles. The maximum Gasteiger partial charge on any atom is 0.414 e. The minimum Gasteiger partial charge on any atom is -0.443 e. The van der Waals surface area contributed by atoms with Crippen molar-refractivity contribution < 1.29 is 28.5 Å². The van der Waals surface area contributed by atoms with Crippen LogP contribution in [-0.2, 0) is 23.7 Å². The number of alkyl halides is 1. The van der Waals surface area contributed by atoms with Gasteiger partial charge in [0.1, 0.15) is 29.3 Å². The number of alkyl carbamates (subject to hydrolysis) is 1. The van der Waals surface area contributed by atoms with Gasteiger partial charge in [0, 0.05) is 7.11 Å². The molecule has 2 amide bonds. The maximum atomic E-state index is 12.1. The summed E-state index contributed by atoms with van der Waals surface area (Å²) in [6, 6.07) is 0. The summed E-state index contributed by atoms with van der Waals surface area (Å²) < 4.78 is 23.6. The third-order valence-corrected chi connectivity index (χ3v) is 6.69. The van der Waals surface area contributed by atoms with E-state index in [1.54, 1.807) is 7.11 Å². The molecule has 160 valence electrons. The SMILES string of the molecule is CO[C@@H]1[C@H](OC(=O)NC(=O)CCl)[C@H](C)C[C@]2(CO2)[C@H]1C1(C)O[C@@H]1CCC(C)C. The molecule has 0 aromatic rings. The van der Waals surface area contributed by atoms with Gasteiger partial charge in [-0.05, 0) is 38.0 Å². The third kappa shape index (κ3) is 4.18. The fraction of sp³-hybridized carbons (Fsp3) is 0.900. The van der Waals surface area contributed by atoms with Crippen LogP contribution in [0, 0.1) is 17.8 Å². The second-order valence-corrected chi connectivity index (χ2v) is 9.29. The number of ether oxygens (including phenoxy) is 4. The first kappa shape index (κ1) is 21.8. The zero-order valence-electron chi connectivity index (χ0n) is 17.3. The molecule has 2 aliphatic heterocycles. The number of halogens is 1. The van der Waals surface area contributed by atoms with Crippen molar-refractivity contribution in [2.45, 2.75) is 76.5 Å². The van der Waals surface area contributed by atoms with Gasteiger partial charge < -0.3 is 18.9 Å². The van der Waals surface area contributed by atoms with Crippen molar-refractivity contribution in [1.82, 2.24) is 5.32 Å². The highest BCUT2D eigenvalue weighted by molar-refractivity contribution is 6.28. The average molecular weight is 418 g/mol. The van der Waals surface area contributed by atoms with Crippen LogP contribution in [0.15, 0.2) is 0 Å². The number of hydrogen-bond acceptors (Lipinski definition) is 6. The maximum absolute atomic E-state index is 12.1. The number of hydrogen-bond donors (Lipinski definition) is 1. The molecule has 1 spiro atoms. The highest BCUT2D eigenvalue weighted by Crippen LogP contribution is 2.60. The van der Waals surface area contributed by atoms with Crippen molar-refractivity contribution in [3.63, 3.8) is 0 Å². The lowest BCUT2D eigenvalue weighted by Crippen LogP contribution is -2.59. The summed E-state index contributed by atoms with van der Waals surface area (Å²) >= 11 is 5.45. The third-order valence-electron chi connectivity index (χ3n) is 6.44. The molecule has 0 radical (unpaired) electrons. The van der Waals surface area contributed by atoms with Gasteiger partial charge in [-0.2, -0.15) is 0 Å². The zero-order chi connectivity index (χ0) is 20.7. The van der Waals surface area contributed by atoms with Crippen LogP contribution in [0.1, 0.15) is 47.0 Å². The smallest absolute Gasteiger partial charge is 0.414 e. The lowest BCUT2D eigenvalue weighted by atomic mass is 9.65. The van der Waals surface area contributed by atoms with Gasteiger partial charge in [-0.3, -0.25) is 10.1 Å². The van der Waals surface area contributed by atoms with Crippen LogP contribution in [0.4, 0.5) is 4.79 Å². The Morgan fingerprint density at radius 1 is 1.32 bits per heavy atom. The topological polar surface area (TPSA) is 89.7 Å². The molecule has 2 saturated heterocycles. The number of amides is 2. The van der Waals surface area contributed by atoms with Crippen molar-refractivity contribution in [3.8, 4) is 0 Å². The van der Waals surface area contributed by atoms with E-state index in [2.05, 4.69) is 26.1 Å². The quantitative estimate of drug-likeness (QED) is 0.506. The van der Waals surface area contributed by atoms with Crippen LogP contribution in [0.5, 0.6) is 0 Å². The van der Waals surface area contributed by atoms with Crippen molar-refractivity contribution in [2.75, 3.05) is 19.6 Å². The van der Waals surface area contributed by atoms with E-state index in [0.29, 0.717) is 12.5 Å². The number of imide groups is 1. The summed E-state index contributed by atoms with van der Waals surface area (Å²) in [7, 11) is 1.62. The Kier molecular flexibility index (Phi) is 6.30. The predicted octanol–water partition coefficient (Wildman–Crippen LogP) is 2.88. The summed E-state index contributed by atoms with van der Waals surface area (Å²) in [5, 5.41) is 2.14. The number of carbonyl (C=O) groups excluding carboxylic acids is 2. The van der Waals surface area contributed by atoms with Crippen LogP contribution in [0.2, 0.25) is 0 Å². The number of carbonyl (C=O) groups is 2. The Morgan fingerprint density at radius 2 is 2.00 bits per heavy atom. The minimum atomic E-state index is -0.797. The predicted molar refractivity (Wildman–Crippen MR) is 103 cm³/mol. The van der Waals surface area contributed by atoms with Crippen LogP contribution in [0.3, 0.4) is 0 Å². The fourth-order valence-corrected chi connectivity index (χ4v) is 5.04. The first-order chi connectivity index (χ1) is 13.2. The van der Waals surface area contributed by atoms with Crippen molar-refractivity contribution >= 4 is 23.6 Å². The van der Waals surface area contributed by atoms with Gasteiger partial charge in [-0.15, -0.1) is 11.6 Å². The van der Waals surface area contributed by atoms with Crippen LogP contribution in [-0.4, -0.2) is 61.1 Å². The van der Waals surface area contributed by atoms with Gasteiger partial charge in [0.05, 0.1) is 18.6 Å². The number of epoxide rings is 2. The van der Waals surface area contributed by atoms with Gasteiger partial charge in [-0.1, -0.05) is 20.8 Å². The second-order valence-electron chi connectivity index (χ2n) is 9.03. The molecule has 7 nitrogen and oxygen atoms in total. The number of rotatable bonds is 7. The van der Waals surface area contributed by atoms with E-state index in [0.717, 1.165) is 19.3 Å². The monoisotopic (exact) mass is 417 g/mol. The summed E-state index contributed by atoms with van der Waals surface area (Å²) in [5.74, 6) is -0.291. The summed E-state index contributed by atoms with van der Waals surface area (Å²) in [4.78, 5) is 23.5. The first-order valence-electron chi connectivity index (χ1n) is 10.1. The average Bonchev–Trinajstić information content (AvgIpc) is 3.53. The first-order valence-corrected chi connectivity index (χ1v) is 10.6. The van der Waals surface area contributed by atoms with Crippen molar-refractivity contribution in [2.24, 2.45) is 17.8 Å². The molecule has 7 atom stereocenters. The molecule has 8 heteroatoms. The normalized spacial score (nSPS) is 41.8. The highest BCUT2D eigenvalue weighted by Gasteiger charge is 2.73. The van der Waals surface area contributed by atoms with Crippen LogP contribution >= 0.6 is 11.6 Å². The molecule has 1 aliphatic carbocycles. The lowest BCUT2D eigenvalue weighted by molar-refractivity contribution is -0.140. The van der Waals surface area contributed by atoms with Gasteiger partial charge in [-0.25, -0.2) is 4.79 Å². The summed E-state index contributed by atoms with van der Waals surface area (Å²) in [6.07, 6.45) is 1.32. The second kappa shape index (κ2) is 8.09. The molecule has 0 bridgehead atoms. The van der Waals surface area contributed by atoms with E-state index >= 15 is 0 Å². The molecule has 1 unspecified atom stereocenters. The Morgan fingerprint density at radius 3 is 2.54 bits per heavy atom. The van der Waals surface area contributed by atoms with Gasteiger partial charge in [0.25, 0.3) is 0 Å². The highest BCUT2D eigenvalue weighted by atomic mass is 35.5. The molecule has 3 rings (SSSR count). The molecule has 0 aromatic heterocycles.